The van der Waals surface area contributed by atoms with Crippen LogP contribution in [0.15, 0.2) is 30.3 Å². The van der Waals surface area contributed by atoms with Gasteiger partial charge in [0, 0.05) is 15.0 Å². The number of hydrogen-bond donors (Lipinski definition) is 0. The number of benzene rings is 2. The molecule has 0 aliphatic heterocycles. The Morgan fingerprint density at radius 1 is 0.805 bits per heavy atom. The van der Waals surface area contributed by atoms with Gasteiger partial charge in [0.15, 0.2) is 0 Å². The second-order valence-electron chi connectivity index (χ2n) is 12.0. The van der Waals surface area contributed by atoms with E-state index in [9.17, 15) is 22.0 Å². The number of fused-ring (bicyclic) bond motifs is 1. The predicted octanol–water partition coefficient (Wildman–Crippen LogP) is 11.1. The van der Waals surface area contributed by atoms with Gasteiger partial charge in [-0.1, -0.05) is 31.9 Å². The van der Waals surface area contributed by atoms with E-state index in [2.05, 4.69) is 19.1 Å². The topological polar surface area (TPSA) is 9.23 Å². The molecule has 0 amide bonds. The number of alkyl halides is 3. The fraction of sp³-hybridized carbons (Fsp3) is 0.576. The highest BCUT2D eigenvalue weighted by atomic mass is 32.1. The summed E-state index contributed by atoms with van der Waals surface area (Å²) in [6.07, 6.45) is 7.26. The summed E-state index contributed by atoms with van der Waals surface area (Å²) in [4.78, 5) is 0.914. The van der Waals surface area contributed by atoms with E-state index in [4.69, 9.17) is 4.74 Å². The molecule has 2 fully saturated rings. The normalized spacial score (nSPS) is 23.8. The zero-order valence-electron chi connectivity index (χ0n) is 23.5. The number of halogens is 6. The number of rotatable bonds is 9. The second-order valence-corrected chi connectivity index (χ2v) is 13.0. The molecule has 41 heavy (non-hydrogen) atoms. The Kier molecular flexibility index (Phi) is 9.69. The van der Waals surface area contributed by atoms with Gasteiger partial charge in [0.2, 0.25) is 0 Å². The minimum absolute atomic E-state index is 0.0287. The van der Waals surface area contributed by atoms with Crippen molar-refractivity contribution in [2.45, 2.75) is 109 Å². The summed E-state index contributed by atoms with van der Waals surface area (Å²) in [5.74, 6) is -1.80. The predicted molar refractivity (Wildman–Crippen MR) is 152 cm³/mol. The lowest BCUT2D eigenvalue weighted by molar-refractivity contribution is -0.142. The summed E-state index contributed by atoms with van der Waals surface area (Å²) in [7, 11) is 0. The van der Waals surface area contributed by atoms with Gasteiger partial charge in [-0.3, -0.25) is 0 Å². The molecule has 1 heterocycles. The zero-order chi connectivity index (χ0) is 29.1. The molecule has 0 saturated heterocycles. The zero-order valence-corrected chi connectivity index (χ0v) is 24.3. The minimum Gasteiger partial charge on any atom is -0.374 e. The second kappa shape index (κ2) is 13.1. The highest BCUT2D eigenvalue weighted by Crippen LogP contribution is 2.47. The number of unbranched alkanes of at least 4 members (excludes halogenated alkanes) is 2. The van der Waals surface area contributed by atoms with Crippen LogP contribution in [0, 0.1) is 29.3 Å². The third kappa shape index (κ3) is 7.12. The summed E-state index contributed by atoms with van der Waals surface area (Å²) in [6, 6.07) is 7.64. The average Bonchev–Trinajstić information content (AvgIpc) is 3.27. The first-order valence-electron chi connectivity index (χ1n) is 15.0. The summed E-state index contributed by atoms with van der Waals surface area (Å²) >= 11 is 1.63. The first kappa shape index (κ1) is 30.4. The fourth-order valence-corrected chi connectivity index (χ4v) is 8.22. The summed E-state index contributed by atoms with van der Waals surface area (Å²) in [6.45, 7) is 2.08. The van der Waals surface area contributed by atoms with E-state index in [-0.39, 0.29) is 30.0 Å². The van der Waals surface area contributed by atoms with Crippen LogP contribution in [-0.2, 0) is 23.9 Å². The molecule has 0 atom stereocenters. The van der Waals surface area contributed by atoms with E-state index in [1.54, 1.807) is 11.3 Å². The fourth-order valence-electron chi connectivity index (χ4n) is 6.90. The number of ether oxygens (including phenoxy) is 1. The highest BCUT2D eigenvalue weighted by molar-refractivity contribution is 7.19. The summed E-state index contributed by atoms with van der Waals surface area (Å²) in [5.41, 5.74) is -0.506. The maximum Gasteiger partial charge on any atom is 0.422 e. The maximum atomic E-state index is 15.4. The van der Waals surface area contributed by atoms with Crippen molar-refractivity contribution in [1.82, 2.24) is 0 Å². The molecule has 2 saturated carbocycles. The van der Waals surface area contributed by atoms with Crippen molar-refractivity contribution in [2.75, 3.05) is 0 Å². The molecule has 224 valence electrons. The molecule has 3 aromatic rings. The SMILES string of the molecule is CCCCCc1ccc2c(F)c(C3CCC(C4CCC(OCc5cc(F)c(C(F)(F)F)c(F)c5)CC4)CC3)sc2c1. The molecule has 0 unspecified atom stereocenters. The van der Waals surface area contributed by atoms with Gasteiger partial charge < -0.3 is 4.74 Å². The molecule has 1 nitrogen and oxygen atoms in total. The van der Waals surface area contributed by atoms with E-state index in [1.165, 1.54) is 24.8 Å². The molecule has 2 aliphatic carbocycles. The van der Waals surface area contributed by atoms with Crippen LogP contribution in [0.2, 0.25) is 0 Å². The Morgan fingerprint density at radius 3 is 2.05 bits per heavy atom. The molecule has 0 spiro atoms. The molecule has 0 N–H and O–H groups in total. The standard InChI is InChI=1S/C33H38F6OS/c1-2-3-4-5-20-6-15-26-29(18-20)41-32(31(26)36)24-9-7-22(8-10-24)23-11-13-25(14-12-23)40-19-21-16-27(34)30(28(35)17-21)33(37,38)39/h6,15-18,22-25H,2-5,7-14,19H2,1H3. The summed E-state index contributed by atoms with van der Waals surface area (Å²) in [5, 5.41) is 0.756. The van der Waals surface area contributed by atoms with Crippen LogP contribution in [0.4, 0.5) is 26.3 Å². The van der Waals surface area contributed by atoms with E-state index < -0.39 is 23.4 Å². The molecule has 1 aromatic heterocycles. The van der Waals surface area contributed by atoms with Crippen LogP contribution in [0.25, 0.3) is 10.1 Å². The molecular formula is C33H38F6OS. The van der Waals surface area contributed by atoms with Gasteiger partial charge in [-0.05, 0) is 111 Å². The number of hydrogen-bond acceptors (Lipinski definition) is 2. The third-order valence-electron chi connectivity index (χ3n) is 9.19. The van der Waals surface area contributed by atoms with Gasteiger partial charge in [0.05, 0.1) is 12.7 Å². The Labute approximate surface area is 242 Å². The molecular weight excluding hydrogens is 558 g/mol. The maximum absolute atomic E-state index is 15.4. The van der Waals surface area contributed by atoms with E-state index in [0.29, 0.717) is 24.0 Å². The van der Waals surface area contributed by atoms with Crippen LogP contribution < -0.4 is 0 Å². The lowest BCUT2D eigenvalue weighted by Crippen LogP contribution is -2.28. The van der Waals surface area contributed by atoms with Gasteiger partial charge >= 0.3 is 6.18 Å². The van der Waals surface area contributed by atoms with Crippen molar-refractivity contribution in [3.05, 3.63) is 69.4 Å². The first-order valence-corrected chi connectivity index (χ1v) is 15.8. The quantitative estimate of drug-likeness (QED) is 0.176. The van der Waals surface area contributed by atoms with Gasteiger partial charge in [-0.25, -0.2) is 13.2 Å². The average molecular weight is 597 g/mol. The molecule has 8 heteroatoms. The molecule has 2 aromatic carbocycles. The van der Waals surface area contributed by atoms with Crippen LogP contribution >= 0.6 is 11.3 Å². The Morgan fingerprint density at radius 2 is 1.44 bits per heavy atom. The van der Waals surface area contributed by atoms with Crippen LogP contribution in [0.3, 0.4) is 0 Å². The van der Waals surface area contributed by atoms with Crippen molar-refractivity contribution in [2.24, 2.45) is 11.8 Å². The Hall–Kier alpha value is -2.06. The molecule has 2 aliphatic rings. The molecule has 0 radical (unpaired) electrons. The Bertz CT molecular complexity index is 1290. The van der Waals surface area contributed by atoms with Crippen LogP contribution in [0.5, 0.6) is 0 Å². The van der Waals surface area contributed by atoms with Gasteiger partial charge in [0.1, 0.15) is 23.0 Å². The minimum atomic E-state index is -5.07. The van der Waals surface area contributed by atoms with Crippen molar-refractivity contribution >= 4 is 21.4 Å². The van der Waals surface area contributed by atoms with Crippen molar-refractivity contribution in [3.63, 3.8) is 0 Å². The Balaban J connectivity index is 1.10. The number of aryl methyl sites for hydroxylation is 1. The van der Waals surface area contributed by atoms with E-state index in [1.807, 2.05) is 6.07 Å². The first-order chi connectivity index (χ1) is 19.6. The number of thiophene rings is 1. The summed E-state index contributed by atoms with van der Waals surface area (Å²) < 4.78 is 88.4. The van der Waals surface area contributed by atoms with Gasteiger partial charge in [-0.2, -0.15) is 13.2 Å². The lowest BCUT2D eigenvalue weighted by atomic mass is 9.70. The smallest absolute Gasteiger partial charge is 0.374 e. The monoisotopic (exact) mass is 596 g/mol. The van der Waals surface area contributed by atoms with Gasteiger partial charge in [0.25, 0.3) is 0 Å². The van der Waals surface area contributed by atoms with Crippen LogP contribution in [0.1, 0.15) is 105 Å². The largest absolute Gasteiger partial charge is 0.422 e. The van der Waals surface area contributed by atoms with Gasteiger partial charge in [-0.15, -0.1) is 11.3 Å². The highest BCUT2D eigenvalue weighted by Gasteiger charge is 2.38. The van der Waals surface area contributed by atoms with Crippen molar-refractivity contribution < 1.29 is 31.1 Å². The third-order valence-corrected chi connectivity index (χ3v) is 10.5. The van der Waals surface area contributed by atoms with Crippen molar-refractivity contribution in [1.29, 1.82) is 0 Å². The molecule has 0 bridgehead atoms. The van der Waals surface area contributed by atoms with E-state index >= 15 is 4.39 Å². The van der Waals surface area contributed by atoms with E-state index in [0.717, 1.165) is 72.8 Å². The molecule has 5 rings (SSSR count). The van der Waals surface area contributed by atoms with Crippen molar-refractivity contribution in [3.8, 4) is 0 Å². The lowest BCUT2D eigenvalue weighted by Gasteiger charge is -2.37. The van der Waals surface area contributed by atoms with Crippen LogP contribution in [-0.4, -0.2) is 6.10 Å².